The first-order valence-electron chi connectivity index (χ1n) is 12.8. The summed E-state index contributed by atoms with van der Waals surface area (Å²) in [6, 6.07) is 29.0. The standard InChI is InChI=1S/C29H24FN5O.C2HF3O2/c1-31-27-25-4-2-3-5-26(25)34-29(35-27)32-18-19-6-16-24(17-7-19)33-28(36)22-10-8-20(9-11-22)21-12-14-23(30)15-13-21;3-2(4,5)1(6)7/h2-17H,18H2,1H3,(H,33,36)(H2,31,32,34,35);(H,6,7). The van der Waals surface area contributed by atoms with Crippen molar-refractivity contribution in [3.8, 4) is 11.1 Å². The topological polar surface area (TPSA) is 116 Å². The average molecular weight is 592 g/mol. The molecule has 0 radical (unpaired) electrons. The Labute approximate surface area is 243 Å². The van der Waals surface area contributed by atoms with Crippen LogP contribution in [0.4, 0.5) is 35.0 Å². The largest absolute Gasteiger partial charge is 0.490 e. The fourth-order valence-corrected chi connectivity index (χ4v) is 3.89. The number of benzene rings is 4. The van der Waals surface area contributed by atoms with Gasteiger partial charge < -0.3 is 21.1 Å². The van der Waals surface area contributed by atoms with E-state index in [9.17, 15) is 22.4 Å². The number of halogens is 4. The van der Waals surface area contributed by atoms with Gasteiger partial charge in [-0.3, -0.25) is 4.79 Å². The van der Waals surface area contributed by atoms with Crippen LogP contribution in [0, 0.1) is 5.82 Å². The summed E-state index contributed by atoms with van der Waals surface area (Å²) < 4.78 is 44.9. The number of carbonyl (C=O) groups excluding carboxylic acids is 1. The Morgan fingerprint density at radius 3 is 1.98 bits per heavy atom. The SMILES string of the molecule is CNc1nc(NCc2ccc(NC(=O)c3ccc(-c4ccc(F)cc4)cc3)cc2)nc2ccccc12.O=C(O)C(F)(F)F. The van der Waals surface area contributed by atoms with Crippen LogP contribution < -0.4 is 16.0 Å². The lowest BCUT2D eigenvalue weighted by Crippen LogP contribution is -2.21. The molecule has 0 spiro atoms. The number of aromatic nitrogens is 2. The van der Waals surface area contributed by atoms with E-state index in [4.69, 9.17) is 9.90 Å². The predicted octanol–water partition coefficient (Wildman–Crippen LogP) is 6.98. The maximum Gasteiger partial charge on any atom is 0.490 e. The molecule has 0 aliphatic rings. The number of nitrogens with zero attached hydrogens (tertiary/aromatic N) is 2. The molecule has 0 unspecified atom stereocenters. The molecule has 8 nitrogen and oxygen atoms in total. The van der Waals surface area contributed by atoms with Crippen molar-refractivity contribution in [3.63, 3.8) is 0 Å². The van der Waals surface area contributed by atoms with Gasteiger partial charge in [0.2, 0.25) is 5.95 Å². The van der Waals surface area contributed by atoms with Crippen LogP contribution >= 0.6 is 0 Å². The third-order valence-electron chi connectivity index (χ3n) is 6.07. The van der Waals surface area contributed by atoms with E-state index in [0.29, 0.717) is 23.7 Å². The van der Waals surface area contributed by atoms with Crippen molar-refractivity contribution in [2.75, 3.05) is 23.0 Å². The number of para-hydroxylation sites is 1. The van der Waals surface area contributed by atoms with E-state index in [2.05, 4.69) is 25.9 Å². The lowest BCUT2D eigenvalue weighted by molar-refractivity contribution is -0.192. The molecule has 0 aliphatic heterocycles. The van der Waals surface area contributed by atoms with Gasteiger partial charge in [-0.15, -0.1) is 0 Å². The number of alkyl halides is 3. The van der Waals surface area contributed by atoms with Crippen LogP contribution in [-0.4, -0.2) is 40.2 Å². The van der Waals surface area contributed by atoms with E-state index in [1.165, 1.54) is 12.1 Å². The maximum atomic E-state index is 13.1. The molecule has 1 aromatic heterocycles. The fraction of sp³-hybridized carbons (Fsp3) is 0.0968. The zero-order chi connectivity index (χ0) is 31.0. The molecular formula is C31H25F4N5O3. The molecule has 5 rings (SSSR count). The van der Waals surface area contributed by atoms with Crippen molar-refractivity contribution in [2.45, 2.75) is 12.7 Å². The number of anilines is 3. The van der Waals surface area contributed by atoms with Gasteiger partial charge in [-0.1, -0.05) is 48.5 Å². The fourth-order valence-electron chi connectivity index (χ4n) is 3.89. The Morgan fingerprint density at radius 1 is 0.814 bits per heavy atom. The predicted molar refractivity (Wildman–Crippen MR) is 156 cm³/mol. The normalized spacial score (nSPS) is 10.8. The number of aliphatic carboxylic acids is 1. The number of carboxylic acid groups (broad SMARTS) is 1. The summed E-state index contributed by atoms with van der Waals surface area (Å²) in [7, 11) is 1.84. The average Bonchev–Trinajstić information content (AvgIpc) is 3.00. The first-order valence-corrected chi connectivity index (χ1v) is 12.8. The summed E-state index contributed by atoms with van der Waals surface area (Å²) in [4.78, 5) is 30.7. The minimum absolute atomic E-state index is 0.198. The lowest BCUT2D eigenvalue weighted by atomic mass is 10.0. The highest BCUT2D eigenvalue weighted by atomic mass is 19.4. The molecule has 43 heavy (non-hydrogen) atoms. The van der Waals surface area contributed by atoms with E-state index in [1.54, 1.807) is 24.3 Å². The number of hydrogen-bond acceptors (Lipinski definition) is 6. The van der Waals surface area contributed by atoms with E-state index in [-0.39, 0.29) is 11.7 Å². The van der Waals surface area contributed by atoms with Crippen LogP contribution in [0.25, 0.3) is 22.0 Å². The lowest BCUT2D eigenvalue weighted by Gasteiger charge is -2.10. The summed E-state index contributed by atoms with van der Waals surface area (Å²) >= 11 is 0. The summed E-state index contributed by atoms with van der Waals surface area (Å²) in [6.45, 7) is 0.542. The Hall–Kier alpha value is -5.52. The van der Waals surface area contributed by atoms with Crippen LogP contribution in [0.5, 0.6) is 0 Å². The molecule has 1 heterocycles. The Morgan fingerprint density at radius 2 is 1.40 bits per heavy atom. The van der Waals surface area contributed by atoms with Gasteiger partial charge >= 0.3 is 12.1 Å². The van der Waals surface area contributed by atoms with E-state index < -0.39 is 12.1 Å². The van der Waals surface area contributed by atoms with E-state index in [0.717, 1.165) is 33.4 Å². The molecule has 0 fully saturated rings. The van der Waals surface area contributed by atoms with Gasteiger partial charge in [0.25, 0.3) is 5.91 Å². The smallest absolute Gasteiger partial charge is 0.475 e. The number of fused-ring (bicyclic) bond motifs is 1. The molecule has 1 amide bonds. The minimum atomic E-state index is -5.08. The molecule has 0 aliphatic carbocycles. The van der Waals surface area contributed by atoms with Crippen molar-refractivity contribution in [2.24, 2.45) is 0 Å². The van der Waals surface area contributed by atoms with Crippen LogP contribution in [0.3, 0.4) is 0 Å². The summed E-state index contributed by atoms with van der Waals surface area (Å²) in [6.07, 6.45) is -5.08. The van der Waals surface area contributed by atoms with Crippen molar-refractivity contribution >= 4 is 40.2 Å². The first-order chi connectivity index (χ1) is 20.5. The van der Waals surface area contributed by atoms with E-state index in [1.807, 2.05) is 67.7 Å². The molecule has 0 saturated heterocycles. The third-order valence-corrected chi connectivity index (χ3v) is 6.07. The van der Waals surface area contributed by atoms with Crippen molar-refractivity contribution in [3.05, 3.63) is 114 Å². The van der Waals surface area contributed by atoms with Gasteiger partial charge in [-0.05, 0) is 65.2 Å². The Bertz CT molecular complexity index is 1710. The number of amides is 1. The van der Waals surface area contributed by atoms with Gasteiger partial charge in [0.05, 0.1) is 5.52 Å². The second-order valence-electron chi connectivity index (χ2n) is 9.05. The quantitative estimate of drug-likeness (QED) is 0.151. The van der Waals surface area contributed by atoms with Crippen molar-refractivity contribution in [1.82, 2.24) is 9.97 Å². The monoisotopic (exact) mass is 591 g/mol. The molecular weight excluding hydrogens is 566 g/mol. The minimum Gasteiger partial charge on any atom is -0.475 e. The highest BCUT2D eigenvalue weighted by molar-refractivity contribution is 6.04. The van der Waals surface area contributed by atoms with E-state index >= 15 is 0 Å². The number of hydrogen-bond donors (Lipinski definition) is 4. The van der Waals surface area contributed by atoms with Crippen molar-refractivity contribution < 1.29 is 32.3 Å². The highest BCUT2D eigenvalue weighted by Crippen LogP contribution is 2.23. The zero-order valence-electron chi connectivity index (χ0n) is 22.6. The molecule has 12 heteroatoms. The van der Waals surface area contributed by atoms with Gasteiger partial charge in [0, 0.05) is 30.2 Å². The second kappa shape index (κ2) is 13.4. The Kier molecular flexibility index (Phi) is 9.51. The first kappa shape index (κ1) is 30.4. The summed E-state index contributed by atoms with van der Waals surface area (Å²) in [5, 5.41) is 17.4. The molecule has 220 valence electrons. The summed E-state index contributed by atoms with van der Waals surface area (Å²) in [5.41, 5.74) is 4.94. The third kappa shape index (κ3) is 8.26. The van der Waals surface area contributed by atoms with Crippen LogP contribution in [0.15, 0.2) is 97.1 Å². The summed E-state index contributed by atoms with van der Waals surface area (Å²) in [5.74, 6) is -1.92. The maximum absolute atomic E-state index is 13.1. The molecule has 5 aromatic rings. The van der Waals surface area contributed by atoms with Gasteiger partial charge in [-0.2, -0.15) is 18.2 Å². The van der Waals surface area contributed by atoms with Gasteiger partial charge in [0.1, 0.15) is 11.6 Å². The van der Waals surface area contributed by atoms with Gasteiger partial charge in [-0.25, -0.2) is 14.2 Å². The van der Waals surface area contributed by atoms with Gasteiger partial charge in [0.15, 0.2) is 0 Å². The number of rotatable bonds is 7. The number of nitrogens with one attached hydrogen (secondary N) is 3. The molecule has 4 N–H and O–H groups in total. The zero-order valence-corrected chi connectivity index (χ0v) is 22.6. The number of carbonyl (C=O) groups is 2. The molecule has 0 saturated carbocycles. The van der Waals surface area contributed by atoms with Crippen LogP contribution in [0.2, 0.25) is 0 Å². The number of carboxylic acids is 1. The molecule has 0 bridgehead atoms. The van der Waals surface area contributed by atoms with Crippen LogP contribution in [0.1, 0.15) is 15.9 Å². The molecule has 0 atom stereocenters. The van der Waals surface area contributed by atoms with Crippen LogP contribution in [-0.2, 0) is 11.3 Å². The second-order valence-corrected chi connectivity index (χ2v) is 9.05. The van der Waals surface area contributed by atoms with Crippen molar-refractivity contribution in [1.29, 1.82) is 0 Å². The Balaban J connectivity index is 0.000000541. The highest BCUT2D eigenvalue weighted by Gasteiger charge is 2.38. The molecule has 4 aromatic carbocycles.